The molecule has 0 saturated carbocycles. The predicted octanol–water partition coefficient (Wildman–Crippen LogP) is 6.11. The molecule has 0 bridgehead atoms. The van der Waals surface area contributed by atoms with Gasteiger partial charge in [-0.05, 0) is 104 Å². The number of fused-ring (bicyclic) bond motifs is 2. The predicted molar refractivity (Wildman–Crippen MR) is 222 cm³/mol. The van der Waals surface area contributed by atoms with Crippen molar-refractivity contribution in [1.82, 2.24) is 39.0 Å². The van der Waals surface area contributed by atoms with Gasteiger partial charge in [0.15, 0.2) is 11.3 Å². The number of aryl methyl sites for hydroxylation is 2. The van der Waals surface area contributed by atoms with E-state index in [1.54, 1.807) is 36.6 Å². The van der Waals surface area contributed by atoms with Crippen LogP contribution >= 0.6 is 0 Å². The number of nitrogens with one attached hydrogen (secondary N) is 3. The van der Waals surface area contributed by atoms with E-state index in [1.807, 2.05) is 33.8 Å². The second-order valence-corrected chi connectivity index (χ2v) is 18.8. The lowest BCUT2D eigenvalue weighted by Gasteiger charge is -2.38. The van der Waals surface area contributed by atoms with E-state index in [9.17, 15) is 32.0 Å². The third-order valence-electron chi connectivity index (χ3n) is 11.1. The largest absolute Gasteiger partial charge is 0.444 e. The Kier molecular flexibility index (Phi) is 11.9. The molecular formula is C41H54FN9O7S. The summed E-state index contributed by atoms with van der Waals surface area (Å²) in [5.74, 6) is -0.353. The lowest BCUT2D eigenvalue weighted by Crippen LogP contribution is -2.43. The van der Waals surface area contributed by atoms with Gasteiger partial charge >= 0.3 is 6.09 Å². The number of sulfonamides is 1. The van der Waals surface area contributed by atoms with E-state index in [4.69, 9.17) is 4.74 Å². The molecule has 7 rings (SSSR count). The van der Waals surface area contributed by atoms with Gasteiger partial charge in [-0.3, -0.25) is 34.2 Å². The fourth-order valence-electron chi connectivity index (χ4n) is 7.61. The number of hydrogen-bond acceptors (Lipinski definition) is 9. The molecule has 2 amide bonds. The number of likely N-dealkylation sites (tertiary alicyclic amines) is 2. The maximum absolute atomic E-state index is 14.0. The van der Waals surface area contributed by atoms with Crippen molar-refractivity contribution in [2.75, 3.05) is 24.1 Å². The standard InChI is InChI=1S/C22H26FN5O4S.C19H28N4O3/c1-12-7-8-27(22(30)16-10-15(23)5-6-17(16)26-33(4,31)32)19(9-12)18-11-20-24-14(3)13(2)21(29)28(20)25-18;1-11-7-8-22(18(25)26-19(4,5)6)15(9-11)14-10-16-20-13(3)12(2)17(24)23(16)21-14/h5-6,10-12,19,25-26H,7-9H2,1-4H3;10-11,15,21H,7-9H2,1-6H3/t12-,19+;11-,15+/m11/s1. The number of aromatic amines is 2. The number of halogens is 1. The molecule has 59 heavy (non-hydrogen) atoms. The molecule has 16 nitrogen and oxygen atoms in total. The summed E-state index contributed by atoms with van der Waals surface area (Å²) < 4.78 is 48.3. The molecule has 1 aromatic carbocycles. The molecule has 0 aliphatic carbocycles. The summed E-state index contributed by atoms with van der Waals surface area (Å²) >= 11 is 0. The number of hydrogen-bond donors (Lipinski definition) is 3. The van der Waals surface area contributed by atoms with E-state index in [2.05, 4.69) is 38.7 Å². The summed E-state index contributed by atoms with van der Waals surface area (Å²) in [6.07, 6.45) is 3.76. The highest BCUT2D eigenvalue weighted by atomic mass is 32.2. The molecular weight excluding hydrogens is 782 g/mol. The lowest BCUT2D eigenvalue weighted by molar-refractivity contribution is 0.00448. The smallest absolute Gasteiger partial charge is 0.410 e. The number of ether oxygens (including phenoxy) is 1. The first-order valence-corrected chi connectivity index (χ1v) is 21.7. The summed E-state index contributed by atoms with van der Waals surface area (Å²) in [5.41, 5.74) is 4.08. The number of aromatic nitrogens is 6. The molecule has 0 unspecified atom stereocenters. The van der Waals surface area contributed by atoms with E-state index in [1.165, 1.54) is 15.1 Å². The van der Waals surface area contributed by atoms with Crippen LogP contribution in [0.5, 0.6) is 0 Å². The molecule has 6 heterocycles. The van der Waals surface area contributed by atoms with Crippen molar-refractivity contribution < 1.29 is 27.1 Å². The van der Waals surface area contributed by atoms with Gasteiger partial charge in [0.05, 0.1) is 41.0 Å². The quantitative estimate of drug-likeness (QED) is 0.187. The van der Waals surface area contributed by atoms with Crippen molar-refractivity contribution in [3.05, 3.63) is 96.3 Å². The summed E-state index contributed by atoms with van der Waals surface area (Å²) in [5, 5.41) is 6.25. The summed E-state index contributed by atoms with van der Waals surface area (Å²) in [6, 6.07) is 6.41. The first-order chi connectivity index (χ1) is 27.5. The average Bonchev–Trinajstić information content (AvgIpc) is 3.77. The first-order valence-electron chi connectivity index (χ1n) is 19.8. The number of anilines is 1. The minimum absolute atomic E-state index is 0.0158. The number of piperidine rings is 2. The van der Waals surface area contributed by atoms with Crippen LogP contribution < -0.4 is 15.8 Å². The van der Waals surface area contributed by atoms with Crippen molar-refractivity contribution in [3.8, 4) is 0 Å². The number of rotatable bonds is 5. The zero-order valence-electron chi connectivity index (χ0n) is 35.3. The van der Waals surface area contributed by atoms with Crippen LogP contribution in [0.1, 0.15) is 117 Å². The van der Waals surface area contributed by atoms with Gasteiger partial charge in [0.1, 0.15) is 11.4 Å². The Balaban J connectivity index is 0.000000204. The molecule has 18 heteroatoms. The van der Waals surface area contributed by atoms with Gasteiger partial charge in [-0.25, -0.2) is 36.6 Å². The number of benzene rings is 1. The Morgan fingerprint density at radius 1 is 0.814 bits per heavy atom. The second kappa shape index (κ2) is 16.3. The zero-order chi connectivity index (χ0) is 43.3. The van der Waals surface area contributed by atoms with Crippen LogP contribution in [0.15, 0.2) is 39.9 Å². The number of amides is 2. The van der Waals surface area contributed by atoms with Crippen molar-refractivity contribution in [1.29, 1.82) is 0 Å². The molecule has 2 saturated heterocycles. The Morgan fingerprint density at radius 2 is 1.29 bits per heavy atom. The number of carbonyl (C=O) groups is 2. The van der Waals surface area contributed by atoms with Gasteiger partial charge in [-0.1, -0.05) is 13.8 Å². The van der Waals surface area contributed by atoms with Gasteiger partial charge in [0.2, 0.25) is 10.0 Å². The molecule has 3 N–H and O–H groups in total. The topological polar surface area (TPSA) is 196 Å². The maximum Gasteiger partial charge on any atom is 0.410 e. The monoisotopic (exact) mass is 835 g/mol. The molecule has 0 spiro atoms. The SMILES string of the molecule is Cc1nc2cc([C@@H]3C[C@H](C)CCN3C(=O)OC(C)(C)C)[nH]n2c(=O)c1C.Cc1nc2cc([C@@H]3C[C@H](C)CCN3C(=O)c3cc(F)ccc3NS(C)(=O)=O)[nH]n2c(=O)c1C. The van der Waals surface area contributed by atoms with Gasteiger partial charge < -0.3 is 9.64 Å². The van der Waals surface area contributed by atoms with Gasteiger partial charge in [0, 0.05) is 47.7 Å². The Labute approximate surface area is 342 Å². The molecule has 5 aromatic rings. The van der Waals surface area contributed by atoms with Crippen molar-refractivity contribution >= 4 is 39.0 Å². The van der Waals surface area contributed by atoms with Gasteiger partial charge in [0.25, 0.3) is 17.0 Å². The fourth-order valence-corrected chi connectivity index (χ4v) is 8.19. The maximum atomic E-state index is 14.0. The van der Waals surface area contributed by atoms with Crippen molar-refractivity contribution in [2.45, 2.75) is 106 Å². The van der Waals surface area contributed by atoms with Crippen LogP contribution in [0, 0.1) is 45.3 Å². The van der Waals surface area contributed by atoms with Crippen molar-refractivity contribution in [3.63, 3.8) is 0 Å². The molecule has 4 aromatic heterocycles. The average molecular weight is 836 g/mol. The highest BCUT2D eigenvalue weighted by Crippen LogP contribution is 2.37. The lowest BCUT2D eigenvalue weighted by atomic mass is 9.90. The minimum atomic E-state index is -3.68. The first kappa shape index (κ1) is 43.1. The van der Waals surface area contributed by atoms with E-state index in [0.717, 1.165) is 49.0 Å². The Hall–Kier alpha value is -5.52. The third kappa shape index (κ3) is 9.37. The van der Waals surface area contributed by atoms with Crippen LogP contribution in [0.3, 0.4) is 0 Å². The summed E-state index contributed by atoms with van der Waals surface area (Å²) in [7, 11) is -3.68. The van der Waals surface area contributed by atoms with E-state index in [-0.39, 0.29) is 34.5 Å². The van der Waals surface area contributed by atoms with Gasteiger partial charge in [-0.2, -0.15) is 0 Å². The highest BCUT2D eigenvalue weighted by molar-refractivity contribution is 7.92. The third-order valence-corrected chi connectivity index (χ3v) is 11.6. The van der Waals surface area contributed by atoms with Crippen LogP contribution in [-0.2, 0) is 14.8 Å². The summed E-state index contributed by atoms with van der Waals surface area (Å²) in [6.45, 7) is 18.0. The molecule has 318 valence electrons. The highest BCUT2D eigenvalue weighted by Gasteiger charge is 2.36. The number of H-pyrrole nitrogens is 2. The number of carbonyl (C=O) groups excluding carboxylic acids is 2. The fraction of sp³-hybridized carbons (Fsp3) is 0.512. The van der Waals surface area contributed by atoms with E-state index >= 15 is 0 Å². The molecule has 2 fully saturated rings. The minimum Gasteiger partial charge on any atom is -0.444 e. The van der Waals surface area contributed by atoms with E-state index < -0.39 is 33.4 Å². The van der Waals surface area contributed by atoms with E-state index in [0.29, 0.717) is 65.2 Å². The normalized spacial score (nSPS) is 20.1. The van der Waals surface area contributed by atoms with Crippen LogP contribution in [0.25, 0.3) is 11.3 Å². The second-order valence-electron chi connectivity index (χ2n) is 17.1. The Morgan fingerprint density at radius 3 is 1.76 bits per heavy atom. The van der Waals surface area contributed by atoms with Gasteiger partial charge in [-0.15, -0.1) is 0 Å². The van der Waals surface area contributed by atoms with Crippen LogP contribution in [-0.4, -0.2) is 84.4 Å². The van der Waals surface area contributed by atoms with Crippen LogP contribution in [0.2, 0.25) is 0 Å². The van der Waals surface area contributed by atoms with Crippen molar-refractivity contribution in [2.24, 2.45) is 11.8 Å². The molecule has 4 atom stereocenters. The summed E-state index contributed by atoms with van der Waals surface area (Å²) in [4.78, 5) is 63.8. The number of nitrogens with zero attached hydrogens (tertiary/aromatic N) is 6. The molecule has 2 aliphatic rings. The zero-order valence-corrected chi connectivity index (χ0v) is 36.1. The molecule has 2 aliphatic heterocycles. The Bertz CT molecular complexity index is 2660. The van der Waals surface area contributed by atoms with Crippen LogP contribution in [0.4, 0.5) is 14.9 Å². The molecule has 0 radical (unpaired) electrons.